The first-order valence-electron chi connectivity index (χ1n) is 10.5. The summed E-state index contributed by atoms with van der Waals surface area (Å²) in [6.45, 7) is 7.93. The minimum absolute atomic E-state index is 0.0673. The third kappa shape index (κ3) is 3.63. The predicted octanol–water partition coefficient (Wildman–Crippen LogP) is 4.77. The van der Waals surface area contributed by atoms with Crippen molar-refractivity contribution in [2.24, 2.45) is 0 Å². The summed E-state index contributed by atoms with van der Waals surface area (Å²) in [7, 11) is 0. The second-order valence-corrected chi connectivity index (χ2v) is 7.38. The van der Waals surface area contributed by atoms with Gasteiger partial charge in [0.2, 0.25) is 5.78 Å². The van der Waals surface area contributed by atoms with Gasteiger partial charge in [0.1, 0.15) is 0 Å². The Kier molecular flexibility index (Phi) is 5.67. The molecule has 0 saturated heterocycles. The summed E-state index contributed by atoms with van der Waals surface area (Å²) in [5, 5.41) is 0. The summed E-state index contributed by atoms with van der Waals surface area (Å²) in [5.74, 6) is -0.371. The summed E-state index contributed by atoms with van der Waals surface area (Å²) in [6, 6.07) is 22.2. The van der Waals surface area contributed by atoms with Crippen molar-refractivity contribution in [1.29, 1.82) is 0 Å². The molecule has 4 aromatic rings. The molecule has 31 heavy (non-hydrogen) atoms. The molecular weight excluding hydrogens is 386 g/mol. The third-order valence-electron chi connectivity index (χ3n) is 5.62. The van der Waals surface area contributed by atoms with Crippen molar-refractivity contribution in [3.63, 3.8) is 0 Å². The van der Waals surface area contributed by atoms with Crippen LogP contribution in [-0.4, -0.2) is 28.4 Å². The number of nitrogens with zero attached hydrogens (tertiary/aromatic N) is 3. The topological polar surface area (TPSA) is 55.2 Å². The molecule has 0 fully saturated rings. The van der Waals surface area contributed by atoms with Crippen molar-refractivity contribution in [2.45, 2.75) is 20.8 Å². The zero-order valence-corrected chi connectivity index (χ0v) is 18.0. The maximum atomic E-state index is 13.5. The minimum atomic E-state index is -0.414. The van der Waals surface area contributed by atoms with Crippen LogP contribution in [0.3, 0.4) is 0 Å². The largest absolute Gasteiger partial charge is 0.372 e. The van der Waals surface area contributed by atoms with Gasteiger partial charge in [-0.2, -0.15) is 0 Å². The fourth-order valence-electron chi connectivity index (χ4n) is 3.99. The lowest BCUT2D eigenvalue weighted by molar-refractivity contribution is 0.103. The van der Waals surface area contributed by atoms with Crippen LogP contribution in [0.25, 0.3) is 16.7 Å². The van der Waals surface area contributed by atoms with Crippen LogP contribution in [0.15, 0.2) is 77.6 Å². The van der Waals surface area contributed by atoms with E-state index in [1.807, 2.05) is 55.5 Å². The van der Waals surface area contributed by atoms with E-state index in [0.29, 0.717) is 22.3 Å². The van der Waals surface area contributed by atoms with Gasteiger partial charge in [-0.3, -0.25) is 14.2 Å². The Morgan fingerprint density at radius 3 is 2.13 bits per heavy atom. The van der Waals surface area contributed by atoms with Gasteiger partial charge in [0.05, 0.1) is 11.0 Å². The van der Waals surface area contributed by atoms with E-state index in [2.05, 4.69) is 23.7 Å². The van der Waals surface area contributed by atoms with E-state index < -0.39 is 5.56 Å². The lowest BCUT2D eigenvalue weighted by Gasteiger charge is -2.24. The second-order valence-electron chi connectivity index (χ2n) is 7.38. The molecular formula is C26H25N3O2. The highest BCUT2D eigenvalue weighted by Gasteiger charge is 2.22. The van der Waals surface area contributed by atoms with Crippen LogP contribution in [-0.2, 0) is 0 Å². The number of fused-ring (bicyclic) bond motifs is 1. The lowest BCUT2D eigenvalue weighted by Crippen LogP contribution is -2.29. The van der Waals surface area contributed by atoms with E-state index in [4.69, 9.17) is 0 Å². The molecule has 0 amide bonds. The number of anilines is 1. The van der Waals surface area contributed by atoms with Gasteiger partial charge in [-0.15, -0.1) is 0 Å². The number of carbonyl (C=O) groups excluding carboxylic acids is 1. The highest BCUT2D eigenvalue weighted by atomic mass is 16.1. The smallest absolute Gasteiger partial charge is 0.285 e. The Bertz CT molecular complexity index is 1290. The van der Waals surface area contributed by atoms with Crippen molar-refractivity contribution >= 4 is 22.5 Å². The summed E-state index contributed by atoms with van der Waals surface area (Å²) in [4.78, 5) is 33.6. The molecule has 3 aromatic carbocycles. The molecule has 0 unspecified atom stereocenters. The molecule has 5 nitrogen and oxygen atoms in total. The monoisotopic (exact) mass is 411 g/mol. The second kappa shape index (κ2) is 8.56. The number of carbonyl (C=O) groups is 1. The van der Waals surface area contributed by atoms with Crippen LogP contribution in [0, 0.1) is 6.92 Å². The molecule has 0 radical (unpaired) electrons. The Morgan fingerprint density at radius 1 is 0.903 bits per heavy atom. The van der Waals surface area contributed by atoms with Crippen molar-refractivity contribution in [1.82, 2.24) is 9.55 Å². The molecule has 4 rings (SSSR count). The van der Waals surface area contributed by atoms with Crippen molar-refractivity contribution in [3.05, 3.63) is 100.0 Å². The number of aromatic nitrogens is 2. The van der Waals surface area contributed by atoms with Crippen LogP contribution >= 0.6 is 0 Å². The van der Waals surface area contributed by atoms with Gasteiger partial charge in [-0.05, 0) is 45.0 Å². The summed E-state index contributed by atoms with van der Waals surface area (Å²) >= 11 is 0. The molecule has 156 valence electrons. The number of hydrogen-bond acceptors (Lipinski definition) is 4. The van der Waals surface area contributed by atoms with Crippen LogP contribution < -0.4 is 10.5 Å². The Balaban J connectivity index is 2.07. The highest BCUT2D eigenvalue weighted by molar-refractivity contribution is 6.08. The third-order valence-corrected chi connectivity index (χ3v) is 5.62. The average molecular weight is 412 g/mol. The van der Waals surface area contributed by atoms with Crippen molar-refractivity contribution in [3.8, 4) is 5.69 Å². The predicted molar refractivity (Wildman–Crippen MR) is 126 cm³/mol. The first-order valence-corrected chi connectivity index (χ1v) is 10.5. The standard InChI is InChI=1S/C26H25N3O2/c1-4-28(5-2)21-16-17-22-23(18(21)3)27-24(25(30)19-12-8-6-9-13-19)26(31)29(22)20-14-10-7-11-15-20/h6-17H,4-5H2,1-3H3. The minimum Gasteiger partial charge on any atom is -0.372 e. The number of ketones is 1. The van der Waals surface area contributed by atoms with E-state index in [1.54, 1.807) is 28.8 Å². The van der Waals surface area contributed by atoms with E-state index >= 15 is 0 Å². The van der Waals surface area contributed by atoms with Gasteiger partial charge < -0.3 is 4.90 Å². The fourth-order valence-corrected chi connectivity index (χ4v) is 3.99. The van der Waals surface area contributed by atoms with E-state index in [-0.39, 0.29) is 11.5 Å². The Labute approximate surface area is 181 Å². The zero-order chi connectivity index (χ0) is 22.0. The summed E-state index contributed by atoms with van der Waals surface area (Å²) < 4.78 is 1.59. The van der Waals surface area contributed by atoms with Crippen LogP contribution in [0.1, 0.15) is 35.5 Å². The van der Waals surface area contributed by atoms with Gasteiger partial charge >= 0.3 is 0 Å². The molecule has 0 aliphatic carbocycles. The SMILES string of the molecule is CCN(CC)c1ccc2c(nc(C(=O)c3ccccc3)c(=O)n2-c2ccccc2)c1C. The van der Waals surface area contributed by atoms with Gasteiger partial charge in [0.15, 0.2) is 5.69 Å². The highest BCUT2D eigenvalue weighted by Crippen LogP contribution is 2.28. The Hall–Kier alpha value is -3.73. The first-order chi connectivity index (χ1) is 15.1. The molecule has 5 heteroatoms. The van der Waals surface area contributed by atoms with Gasteiger partial charge in [0.25, 0.3) is 5.56 Å². The van der Waals surface area contributed by atoms with Crippen molar-refractivity contribution < 1.29 is 4.79 Å². The van der Waals surface area contributed by atoms with Gasteiger partial charge in [0, 0.05) is 35.6 Å². The summed E-state index contributed by atoms with van der Waals surface area (Å²) in [6.07, 6.45) is 0. The van der Waals surface area contributed by atoms with Crippen molar-refractivity contribution in [2.75, 3.05) is 18.0 Å². The van der Waals surface area contributed by atoms with Crippen LogP contribution in [0.5, 0.6) is 0 Å². The molecule has 1 aromatic heterocycles. The normalized spacial score (nSPS) is 10.9. The number of rotatable bonds is 6. The molecule has 0 saturated carbocycles. The van der Waals surface area contributed by atoms with Gasteiger partial charge in [-0.25, -0.2) is 4.98 Å². The molecule has 1 heterocycles. The number of hydrogen-bond donors (Lipinski definition) is 0. The molecule has 0 spiro atoms. The van der Waals surface area contributed by atoms with Gasteiger partial charge in [-0.1, -0.05) is 48.5 Å². The first kappa shape index (κ1) is 20.5. The molecule has 0 atom stereocenters. The average Bonchev–Trinajstić information content (AvgIpc) is 2.81. The van der Waals surface area contributed by atoms with Crippen LogP contribution in [0.4, 0.5) is 5.69 Å². The number of aryl methyl sites for hydroxylation is 1. The molecule has 0 aliphatic heterocycles. The zero-order valence-electron chi connectivity index (χ0n) is 18.0. The molecule has 0 bridgehead atoms. The maximum absolute atomic E-state index is 13.5. The van der Waals surface area contributed by atoms with Crippen LogP contribution in [0.2, 0.25) is 0 Å². The molecule has 0 aliphatic rings. The van der Waals surface area contributed by atoms with E-state index in [9.17, 15) is 9.59 Å². The van der Waals surface area contributed by atoms with E-state index in [0.717, 1.165) is 24.3 Å². The quantitative estimate of drug-likeness (QED) is 0.429. The number of para-hydroxylation sites is 1. The fraction of sp³-hybridized carbons (Fsp3) is 0.192. The number of benzene rings is 3. The summed E-state index contributed by atoms with van der Waals surface area (Å²) in [5.41, 5.74) is 4.03. The van der Waals surface area contributed by atoms with E-state index in [1.165, 1.54) is 0 Å². The lowest BCUT2D eigenvalue weighted by atomic mass is 10.1. The maximum Gasteiger partial charge on any atom is 0.285 e. The molecule has 0 N–H and O–H groups in total. The Morgan fingerprint density at radius 2 is 1.52 bits per heavy atom.